The second-order valence-corrected chi connectivity index (χ2v) is 10.7. The molecular weight excluding hydrogens is 444 g/mol. The molecule has 1 spiro atoms. The lowest BCUT2D eigenvalue weighted by molar-refractivity contribution is -0.154. The van der Waals surface area contributed by atoms with Crippen molar-refractivity contribution in [2.75, 3.05) is 0 Å². The molecule has 1 aromatic carbocycles. The number of aliphatic hydroxyl groups excluding tert-OH is 1. The maximum absolute atomic E-state index is 13.8. The molecule has 5 unspecified atom stereocenters. The van der Waals surface area contributed by atoms with Gasteiger partial charge < -0.3 is 26.4 Å². The van der Waals surface area contributed by atoms with Gasteiger partial charge in [-0.2, -0.15) is 0 Å². The molecule has 7 nitrogen and oxygen atoms in total. The van der Waals surface area contributed by atoms with Gasteiger partial charge in [0.1, 0.15) is 5.54 Å². The van der Waals surface area contributed by atoms with Gasteiger partial charge in [0.2, 0.25) is 5.91 Å². The molecule has 176 valence electrons. The molecule has 3 saturated carbocycles. The number of aliphatic carboxylic acids is 1. The smallest absolute Gasteiger partial charge is 0.327 e. The Bertz CT molecular complexity index is 1090. The third-order valence-electron chi connectivity index (χ3n) is 8.73. The molecule has 0 aromatic heterocycles. The van der Waals surface area contributed by atoms with Gasteiger partial charge in [-0.05, 0) is 66.7 Å². The molecule has 0 heterocycles. The summed E-state index contributed by atoms with van der Waals surface area (Å²) in [4.78, 5) is 26.2. The third kappa shape index (κ3) is 3.06. The number of carbonyl (C=O) groups excluding carboxylic acids is 1. The molecule has 33 heavy (non-hydrogen) atoms. The minimum absolute atomic E-state index is 0.0845. The zero-order valence-corrected chi connectivity index (χ0v) is 19.0. The van der Waals surface area contributed by atoms with Gasteiger partial charge in [0.25, 0.3) is 0 Å². The van der Waals surface area contributed by atoms with E-state index in [1.807, 2.05) is 12.1 Å². The zero-order valence-electron chi connectivity index (χ0n) is 18.3. The molecule has 0 radical (unpaired) electrons. The predicted octanol–water partition coefficient (Wildman–Crippen LogP) is 2.15. The first-order valence-corrected chi connectivity index (χ1v) is 11.7. The summed E-state index contributed by atoms with van der Waals surface area (Å²) >= 11 is 6.07. The van der Waals surface area contributed by atoms with Crippen molar-refractivity contribution >= 4 is 23.5 Å². The van der Waals surface area contributed by atoms with Crippen LogP contribution in [0.1, 0.15) is 37.7 Å². The molecule has 2 bridgehead atoms. The van der Waals surface area contributed by atoms with Crippen molar-refractivity contribution in [3.8, 4) is 0 Å². The van der Waals surface area contributed by atoms with E-state index in [2.05, 4.69) is 11.9 Å². The second kappa shape index (κ2) is 7.40. The fraction of sp³-hybridized carbons (Fsp3) is 0.520. The van der Waals surface area contributed by atoms with Crippen LogP contribution in [-0.2, 0) is 16.1 Å². The lowest BCUT2D eigenvalue weighted by Gasteiger charge is -2.43. The number of hydrogen-bond acceptors (Lipinski definition) is 5. The molecular formula is C25H29ClN2O5. The van der Waals surface area contributed by atoms with E-state index < -0.39 is 40.5 Å². The predicted molar refractivity (Wildman–Crippen MR) is 122 cm³/mol. The minimum Gasteiger partial charge on any atom is -0.480 e. The first kappa shape index (κ1) is 22.6. The summed E-state index contributed by atoms with van der Waals surface area (Å²) in [6.07, 6.45) is 2.62. The largest absolute Gasteiger partial charge is 0.480 e. The van der Waals surface area contributed by atoms with Crippen LogP contribution in [0.5, 0.6) is 0 Å². The molecule has 8 heteroatoms. The summed E-state index contributed by atoms with van der Waals surface area (Å²) in [6.45, 7) is 4.33. The lowest BCUT2D eigenvalue weighted by atomic mass is 9.62. The number of fused-ring (bicyclic) bond motifs is 3. The van der Waals surface area contributed by atoms with E-state index in [1.54, 1.807) is 18.2 Å². The number of nitrogens with one attached hydrogen (secondary N) is 1. The topological polar surface area (TPSA) is 133 Å². The maximum Gasteiger partial charge on any atom is 0.327 e. The first-order valence-electron chi connectivity index (χ1n) is 11.4. The fourth-order valence-corrected chi connectivity index (χ4v) is 7.47. The van der Waals surface area contributed by atoms with Crippen molar-refractivity contribution in [2.24, 2.45) is 28.9 Å². The average molecular weight is 473 g/mol. The second-order valence-electron chi connectivity index (χ2n) is 10.3. The zero-order chi connectivity index (χ0) is 23.8. The van der Waals surface area contributed by atoms with Gasteiger partial charge in [-0.3, -0.25) is 9.59 Å². The highest BCUT2D eigenvalue weighted by Gasteiger charge is 2.73. The molecule has 1 aromatic rings. The Morgan fingerprint density at radius 2 is 2.09 bits per heavy atom. The van der Waals surface area contributed by atoms with E-state index in [-0.39, 0.29) is 24.8 Å². The summed E-state index contributed by atoms with van der Waals surface area (Å²) in [7, 11) is 0. The van der Waals surface area contributed by atoms with Gasteiger partial charge in [0.05, 0.1) is 17.6 Å². The Balaban J connectivity index is 1.58. The van der Waals surface area contributed by atoms with Crippen molar-refractivity contribution < 1.29 is 24.9 Å². The molecule has 4 aliphatic rings. The number of aliphatic hydroxyl groups is 2. The Kier molecular flexibility index (Phi) is 5.07. The first-order chi connectivity index (χ1) is 15.5. The van der Waals surface area contributed by atoms with Crippen LogP contribution >= 0.6 is 11.6 Å². The van der Waals surface area contributed by atoms with E-state index >= 15 is 0 Å². The van der Waals surface area contributed by atoms with Crippen LogP contribution in [0.15, 0.2) is 48.1 Å². The quantitative estimate of drug-likeness (QED) is 0.426. The molecule has 3 fully saturated rings. The van der Waals surface area contributed by atoms with Crippen LogP contribution in [0.2, 0.25) is 5.02 Å². The van der Waals surface area contributed by atoms with Crippen LogP contribution in [0.3, 0.4) is 0 Å². The lowest BCUT2D eigenvalue weighted by Crippen LogP contribution is -2.66. The van der Waals surface area contributed by atoms with Crippen LogP contribution in [0.4, 0.5) is 0 Å². The number of amides is 1. The van der Waals surface area contributed by atoms with Gasteiger partial charge in [-0.25, -0.2) is 0 Å². The fourth-order valence-electron chi connectivity index (χ4n) is 7.26. The summed E-state index contributed by atoms with van der Waals surface area (Å²) in [6, 6.07) is 7.15. The third-order valence-corrected chi connectivity index (χ3v) is 8.96. The van der Waals surface area contributed by atoms with E-state index in [0.717, 1.165) is 11.1 Å². The van der Waals surface area contributed by atoms with Gasteiger partial charge in [0, 0.05) is 17.5 Å². The maximum atomic E-state index is 13.8. The monoisotopic (exact) mass is 472 g/mol. The van der Waals surface area contributed by atoms with Gasteiger partial charge in [-0.1, -0.05) is 42.0 Å². The Morgan fingerprint density at radius 1 is 1.33 bits per heavy atom. The normalized spacial score (nSPS) is 41.2. The van der Waals surface area contributed by atoms with Crippen LogP contribution in [-0.4, -0.2) is 44.4 Å². The highest BCUT2D eigenvalue weighted by Crippen LogP contribution is 2.71. The van der Waals surface area contributed by atoms with Crippen LogP contribution in [0.25, 0.3) is 0 Å². The molecule has 4 aliphatic carbocycles. The van der Waals surface area contributed by atoms with Crippen molar-refractivity contribution in [3.63, 3.8) is 0 Å². The van der Waals surface area contributed by atoms with Crippen LogP contribution in [0, 0.1) is 23.2 Å². The number of halogens is 1. The van der Waals surface area contributed by atoms with Gasteiger partial charge in [0.15, 0.2) is 0 Å². The van der Waals surface area contributed by atoms with Crippen LogP contribution < -0.4 is 11.1 Å². The van der Waals surface area contributed by atoms with E-state index in [4.69, 9.17) is 17.3 Å². The Labute approximate surface area is 197 Å². The number of carboxylic acid groups (broad SMARTS) is 1. The minimum atomic E-state index is -1.99. The molecule has 1 amide bonds. The van der Waals surface area contributed by atoms with Crippen molar-refractivity contribution in [2.45, 2.75) is 55.9 Å². The molecule has 0 saturated heterocycles. The summed E-state index contributed by atoms with van der Waals surface area (Å²) < 4.78 is 0. The molecule has 0 aliphatic heterocycles. The number of carboxylic acids is 1. The summed E-state index contributed by atoms with van der Waals surface area (Å²) in [5, 5.41) is 35.6. The van der Waals surface area contributed by atoms with Crippen molar-refractivity contribution in [3.05, 3.63) is 58.7 Å². The summed E-state index contributed by atoms with van der Waals surface area (Å²) in [5.74, 6) is -3.40. The average Bonchev–Trinajstić information content (AvgIpc) is 3.15. The molecule has 5 rings (SSSR count). The highest BCUT2D eigenvalue weighted by molar-refractivity contribution is 6.30. The number of carbonyl (C=O) groups is 2. The number of rotatable bonds is 4. The standard InChI is InChI=1S/C25H29ClN2O5/c1-13-10-23-12-24(13,33)8-7-17(23)16-5-6-18(29)25(27,22(31)32)19(16)20(23)21(30)28-11-14-3-2-4-15(26)9-14/h2-5,9,17-20,29,33H,1,6-8,10-12,27H2,(H,28,30)(H,31,32)/t17?,18?,19?,20?,23?,24-,25-/m0/s1. The van der Waals surface area contributed by atoms with Gasteiger partial charge >= 0.3 is 5.97 Å². The van der Waals surface area contributed by atoms with E-state index in [1.165, 1.54) is 0 Å². The summed E-state index contributed by atoms with van der Waals surface area (Å²) in [5.41, 5.74) is 5.08. The number of benzene rings is 1. The highest BCUT2D eigenvalue weighted by atomic mass is 35.5. The Morgan fingerprint density at radius 3 is 2.79 bits per heavy atom. The van der Waals surface area contributed by atoms with Crippen molar-refractivity contribution in [1.29, 1.82) is 0 Å². The van der Waals surface area contributed by atoms with Crippen molar-refractivity contribution in [1.82, 2.24) is 5.32 Å². The van der Waals surface area contributed by atoms with E-state index in [0.29, 0.717) is 36.3 Å². The number of hydrogen-bond donors (Lipinski definition) is 5. The molecule has 6 N–H and O–H groups in total. The molecule has 7 atom stereocenters. The van der Waals surface area contributed by atoms with Gasteiger partial charge in [-0.15, -0.1) is 0 Å². The SMILES string of the molecule is C=C1CC23C[C@@]1(O)CCC2C1=CCC(O)[C@@](N)(C(=O)O)C1C3C(=O)NCc1cccc(Cl)c1. The Hall–Kier alpha value is -2.19. The number of nitrogens with two attached hydrogens (primary N) is 1. The van der Waals surface area contributed by atoms with E-state index in [9.17, 15) is 24.9 Å².